The summed E-state index contributed by atoms with van der Waals surface area (Å²) in [5, 5.41) is 0. The summed E-state index contributed by atoms with van der Waals surface area (Å²) in [7, 11) is 2.89. The molecule has 0 spiro atoms. The minimum Gasteiger partial charge on any atom is -0.481 e. The van der Waals surface area contributed by atoms with Gasteiger partial charge in [0, 0.05) is 18.3 Å². The number of methoxy groups -OCH3 is 2. The molecule has 0 aliphatic carbocycles. The zero-order chi connectivity index (χ0) is 13.1. The quantitative estimate of drug-likeness (QED) is 0.800. The predicted octanol–water partition coefficient (Wildman–Crippen LogP) is 1.29. The van der Waals surface area contributed by atoms with Crippen LogP contribution in [0, 0.1) is 5.41 Å². The molecule has 0 aromatic carbocycles. The van der Waals surface area contributed by atoms with Crippen LogP contribution < -0.4 is 10.5 Å². The summed E-state index contributed by atoms with van der Waals surface area (Å²) < 4.78 is 9.70. The summed E-state index contributed by atoms with van der Waals surface area (Å²) >= 11 is 0. The monoisotopic (exact) mass is 238 g/mol. The molecular weight excluding hydrogens is 220 g/mol. The van der Waals surface area contributed by atoms with E-state index in [0.717, 1.165) is 5.56 Å². The van der Waals surface area contributed by atoms with Crippen molar-refractivity contribution in [2.75, 3.05) is 14.2 Å². The average Bonchev–Trinajstić information content (AvgIpc) is 2.36. The molecule has 0 fully saturated rings. The SMILES string of the molecule is COC(=O)C(C)(C)[C@H](N)c1ccc(OC)nc1. The number of rotatable bonds is 4. The van der Waals surface area contributed by atoms with E-state index in [2.05, 4.69) is 4.98 Å². The zero-order valence-corrected chi connectivity index (χ0v) is 10.6. The molecule has 0 aliphatic heterocycles. The van der Waals surface area contributed by atoms with Crippen LogP contribution in [0.4, 0.5) is 0 Å². The van der Waals surface area contributed by atoms with Crippen LogP contribution in [0.1, 0.15) is 25.5 Å². The number of ether oxygens (including phenoxy) is 2. The maximum atomic E-state index is 11.6. The number of carbonyl (C=O) groups excluding carboxylic acids is 1. The van der Waals surface area contributed by atoms with Gasteiger partial charge in [0.05, 0.1) is 19.6 Å². The standard InChI is InChI=1S/C12H18N2O3/c1-12(2,11(15)17-4)10(13)8-5-6-9(16-3)14-7-8/h5-7,10H,13H2,1-4H3/t10-/m1/s1. The molecule has 0 saturated carbocycles. The topological polar surface area (TPSA) is 74.4 Å². The molecular formula is C12H18N2O3. The minimum absolute atomic E-state index is 0.346. The van der Waals surface area contributed by atoms with Crippen molar-refractivity contribution in [1.29, 1.82) is 0 Å². The molecule has 1 atom stereocenters. The lowest BCUT2D eigenvalue weighted by Crippen LogP contribution is -2.37. The summed E-state index contributed by atoms with van der Waals surface area (Å²) in [4.78, 5) is 15.7. The highest BCUT2D eigenvalue weighted by Gasteiger charge is 2.36. The van der Waals surface area contributed by atoms with Crippen molar-refractivity contribution in [2.45, 2.75) is 19.9 Å². The van der Waals surface area contributed by atoms with Crippen LogP contribution in [-0.4, -0.2) is 25.2 Å². The Hall–Kier alpha value is -1.62. The summed E-state index contributed by atoms with van der Waals surface area (Å²) in [6.45, 7) is 3.49. The Balaban J connectivity index is 2.95. The first-order chi connectivity index (χ1) is 7.93. The van der Waals surface area contributed by atoms with Crippen LogP contribution >= 0.6 is 0 Å². The molecule has 2 N–H and O–H groups in total. The lowest BCUT2D eigenvalue weighted by atomic mass is 9.81. The minimum atomic E-state index is -0.801. The molecule has 1 aromatic rings. The first-order valence-electron chi connectivity index (χ1n) is 5.27. The smallest absolute Gasteiger partial charge is 0.313 e. The van der Waals surface area contributed by atoms with E-state index in [1.807, 2.05) is 0 Å². The van der Waals surface area contributed by atoms with E-state index >= 15 is 0 Å². The second kappa shape index (κ2) is 5.14. The predicted molar refractivity (Wildman–Crippen MR) is 63.5 cm³/mol. The van der Waals surface area contributed by atoms with Gasteiger partial charge in [-0.15, -0.1) is 0 Å². The summed E-state index contributed by atoms with van der Waals surface area (Å²) in [6, 6.07) is 3.03. The van der Waals surface area contributed by atoms with Crippen LogP contribution in [0.5, 0.6) is 5.88 Å². The Bertz CT molecular complexity index is 387. The van der Waals surface area contributed by atoms with E-state index in [9.17, 15) is 4.79 Å². The van der Waals surface area contributed by atoms with Gasteiger partial charge in [0.15, 0.2) is 0 Å². The number of hydrogen-bond donors (Lipinski definition) is 1. The number of aromatic nitrogens is 1. The van der Waals surface area contributed by atoms with Gasteiger partial charge in [0.25, 0.3) is 0 Å². The highest BCUT2D eigenvalue weighted by atomic mass is 16.5. The number of nitrogens with zero attached hydrogens (tertiary/aromatic N) is 1. The number of pyridine rings is 1. The Kier molecular flexibility index (Phi) is 4.07. The van der Waals surface area contributed by atoms with Gasteiger partial charge in [-0.3, -0.25) is 4.79 Å². The van der Waals surface area contributed by atoms with Crippen molar-refractivity contribution in [3.05, 3.63) is 23.9 Å². The Morgan fingerprint density at radius 1 is 1.41 bits per heavy atom. The molecule has 1 aromatic heterocycles. The van der Waals surface area contributed by atoms with Gasteiger partial charge in [-0.05, 0) is 19.4 Å². The van der Waals surface area contributed by atoms with E-state index in [4.69, 9.17) is 15.2 Å². The van der Waals surface area contributed by atoms with Crippen molar-refractivity contribution in [3.63, 3.8) is 0 Å². The molecule has 5 nitrogen and oxygen atoms in total. The Labute approximate surface area is 101 Å². The summed E-state index contributed by atoms with van der Waals surface area (Å²) in [5.74, 6) is 0.164. The third kappa shape index (κ3) is 2.74. The zero-order valence-electron chi connectivity index (χ0n) is 10.6. The number of esters is 1. The van der Waals surface area contributed by atoms with Gasteiger partial charge in [0.2, 0.25) is 5.88 Å². The second-order valence-corrected chi connectivity index (χ2v) is 4.32. The highest BCUT2D eigenvalue weighted by Crippen LogP contribution is 2.32. The first-order valence-corrected chi connectivity index (χ1v) is 5.27. The lowest BCUT2D eigenvalue weighted by molar-refractivity contribution is -0.152. The van der Waals surface area contributed by atoms with Crippen molar-refractivity contribution in [1.82, 2.24) is 4.98 Å². The van der Waals surface area contributed by atoms with Crippen molar-refractivity contribution in [3.8, 4) is 5.88 Å². The fraction of sp³-hybridized carbons (Fsp3) is 0.500. The fourth-order valence-corrected chi connectivity index (χ4v) is 1.50. The third-order valence-electron chi connectivity index (χ3n) is 2.82. The average molecular weight is 238 g/mol. The van der Waals surface area contributed by atoms with Crippen LogP contribution in [0.3, 0.4) is 0 Å². The summed E-state index contributed by atoms with van der Waals surface area (Å²) in [6.07, 6.45) is 1.61. The molecule has 0 radical (unpaired) electrons. The fourth-order valence-electron chi connectivity index (χ4n) is 1.50. The van der Waals surface area contributed by atoms with Crippen LogP contribution in [-0.2, 0) is 9.53 Å². The maximum Gasteiger partial charge on any atom is 0.313 e. The second-order valence-electron chi connectivity index (χ2n) is 4.32. The van der Waals surface area contributed by atoms with Gasteiger partial charge >= 0.3 is 5.97 Å². The lowest BCUT2D eigenvalue weighted by Gasteiger charge is -2.28. The molecule has 0 saturated heterocycles. The molecule has 0 unspecified atom stereocenters. The van der Waals surface area contributed by atoms with E-state index in [1.165, 1.54) is 7.11 Å². The van der Waals surface area contributed by atoms with Crippen LogP contribution in [0.15, 0.2) is 18.3 Å². The largest absolute Gasteiger partial charge is 0.481 e. The normalized spacial score (nSPS) is 13.0. The third-order valence-corrected chi connectivity index (χ3v) is 2.82. The van der Waals surface area contributed by atoms with E-state index in [1.54, 1.807) is 39.3 Å². The van der Waals surface area contributed by atoms with Gasteiger partial charge < -0.3 is 15.2 Å². The van der Waals surface area contributed by atoms with Gasteiger partial charge in [-0.2, -0.15) is 0 Å². The molecule has 5 heteroatoms. The molecule has 1 heterocycles. The maximum absolute atomic E-state index is 11.6. The first kappa shape index (κ1) is 13.4. The molecule has 1 rings (SSSR count). The van der Waals surface area contributed by atoms with Crippen molar-refractivity contribution in [2.24, 2.45) is 11.1 Å². The number of carbonyl (C=O) groups is 1. The van der Waals surface area contributed by atoms with Crippen LogP contribution in [0.25, 0.3) is 0 Å². The molecule has 17 heavy (non-hydrogen) atoms. The van der Waals surface area contributed by atoms with E-state index < -0.39 is 11.5 Å². The Morgan fingerprint density at radius 2 is 2.06 bits per heavy atom. The number of nitrogens with two attached hydrogens (primary N) is 1. The molecule has 0 bridgehead atoms. The number of hydrogen-bond acceptors (Lipinski definition) is 5. The van der Waals surface area contributed by atoms with Gasteiger partial charge in [0.1, 0.15) is 0 Å². The Morgan fingerprint density at radius 3 is 2.47 bits per heavy atom. The summed E-state index contributed by atoms with van der Waals surface area (Å²) in [5.41, 5.74) is 6.02. The van der Waals surface area contributed by atoms with Gasteiger partial charge in [-0.25, -0.2) is 4.98 Å². The molecule has 94 valence electrons. The van der Waals surface area contributed by atoms with E-state index in [0.29, 0.717) is 5.88 Å². The molecule has 0 aliphatic rings. The highest BCUT2D eigenvalue weighted by molar-refractivity contribution is 5.77. The van der Waals surface area contributed by atoms with Crippen molar-refractivity contribution < 1.29 is 14.3 Å². The molecule has 0 amide bonds. The van der Waals surface area contributed by atoms with Gasteiger partial charge in [-0.1, -0.05) is 6.07 Å². The van der Waals surface area contributed by atoms with Crippen LogP contribution in [0.2, 0.25) is 0 Å². The van der Waals surface area contributed by atoms with E-state index in [-0.39, 0.29) is 5.97 Å². The van der Waals surface area contributed by atoms with Crippen molar-refractivity contribution >= 4 is 5.97 Å².